The van der Waals surface area contributed by atoms with Gasteiger partial charge in [-0.05, 0) is 136 Å². The zero-order chi connectivity index (χ0) is 59.5. The first-order chi connectivity index (χ1) is 40.6. The summed E-state index contributed by atoms with van der Waals surface area (Å²) in [7, 11) is 0. The molecule has 0 saturated heterocycles. The third-order valence-electron chi connectivity index (χ3n) is 11.3. The van der Waals surface area contributed by atoms with Crippen LogP contribution in [0.1, 0.15) is 27.7 Å². The molecule has 0 saturated carbocycles. The topological polar surface area (TPSA) is 439 Å². The monoisotopic (exact) mass is 1190 g/mol. The Kier molecular flexibility index (Phi) is 22.0. The van der Waals surface area contributed by atoms with Crippen molar-refractivity contribution in [2.75, 3.05) is 71.3 Å². The predicted molar refractivity (Wildman–Crippen MR) is 320 cm³/mol. The Labute approximate surface area is 488 Å². The summed E-state index contributed by atoms with van der Waals surface area (Å²) in [6.07, 6.45) is 0. The summed E-state index contributed by atoms with van der Waals surface area (Å²) in [6, 6.07) is 26.6. The van der Waals surface area contributed by atoms with Crippen molar-refractivity contribution in [2.45, 2.75) is 61.7 Å². The van der Waals surface area contributed by atoms with Gasteiger partial charge in [0.05, 0.1) is 45.3 Å². The number of hydrogen-bond acceptors (Lipinski definition) is 32. The molecule has 0 spiro atoms. The van der Waals surface area contributed by atoms with Gasteiger partial charge in [-0.3, -0.25) is 0 Å². The maximum absolute atomic E-state index is 11.5. The number of fused-ring (bicyclic) bond motifs is 2. The number of rotatable bonds is 31. The first-order valence-electron chi connectivity index (χ1n) is 25.8. The summed E-state index contributed by atoms with van der Waals surface area (Å²) >= 11 is 1.22. The van der Waals surface area contributed by atoms with Crippen molar-refractivity contribution in [1.29, 1.82) is 0 Å². The third kappa shape index (κ3) is 17.9. The molecule has 0 aliphatic carbocycles. The molecule has 84 heavy (non-hydrogen) atoms. The highest BCUT2D eigenvalue weighted by atomic mass is 32.2. The van der Waals surface area contributed by atoms with Gasteiger partial charge in [0.15, 0.2) is 11.5 Å². The van der Waals surface area contributed by atoms with Crippen LogP contribution in [0.25, 0.3) is 21.5 Å². The average Bonchev–Trinajstić information content (AvgIpc) is 3.56. The number of nitrogens with zero attached hydrogens (tertiary/aromatic N) is 10. The molecule has 0 bridgehead atoms. The maximum Gasteiger partial charge on any atom is 0.233 e. The van der Waals surface area contributed by atoms with E-state index in [1.54, 1.807) is 97.1 Å². The van der Waals surface area contributed by atoms with Gasteiger partial charge < -0.3 is 74.5 Å². The van der Waals surface area contributed by atoms with Gasteiger partial charge >= 0.3 is 0 Å². The van der Waals surface area contributed by atoms with Crippen molar-refractivity contribution < 1.29 is 48.9 Å². The number of phenolic OH excluding ortho intramolecular Hbond substituents is 2. The number of ether oxygens (including phenoxy) is 2. The normalized spacial score (nSPS) is 13.0. The first kappa shape index (κ1) is 61.4. The second-order valence-corrected chi connectivity index (χ2v) is 20.3. The molecule has 6 aromatic carbocycles. The number of benzene rings is 6. The molecular weight excluding hydrogens is 1130 g/mol. The molecule has 0 radical (unpaired) electrons. The molecule has 442 valence electrons. The zero-order valence-corrected chi connectivity index (χ0v) is 47.3. The van der Waals surface area contributed by atoms with E-state index in [2.05, 4.69) is 92.3 Å². The molecule has 0 fully saturated rings. The Balaban J connectivity index is 0.867. The van der Waals surface area contributed by atoms with Crippen molar-refractivity contribution in [3.8, 4) is 23.0 Å². The van der Waals surface area contributed by atoms with Gasteiger partial charge in [0.2, 0.25) is 35.7 Å². The highest BCUT2D eigenvalue weighted by Crippen LogP contribution is 2.46. The van der Waals surface area contributed by atoms with Crippen LogP contribution < -0.4 is 64.3 Å². The first-order valence-corrected chi connectivity index (χ1v) is 27.3. The van der Waals surface area contributed by atoms with Gasteiger partial charge in [0.25, 0.3) is 0 Å². The van der Waals surface area contributed by atoms with E-state index in [4.69, 9.17) is 51.6 Å². The van der Waals surface area contributed by atoms with E-state index < -0.39 is 0 Å². The number of aromatic hydroxyl groups is 2. The van der Waals surface area contributed by atoms with Crippen LogP contribution in [0.5, 0.6) is 23.0 Å². The fourth-order valence-electron chi connectivity index (χ4n) is 7.48. The molecular formula is C52H62N20O10S2. The number of hydrogen-bond donors (Lipinski definition) is 14. The molecule has 0 amide bonds. The lowest BCUT2D eigenvalue weighted by molar-refractivity contribution is -0.432. The summed E-state index contributed by atoms with van der Waals surface area (Å²) in [6.45, 7) is 9.51. The minimum atomic E-state index is -0.210. The van der Waals surface area contributed by atoms with E-state index in [-0.39, 0.29) is 81.9 Å². The van der Waals surface area contributed by atoms with Crippen molar-refractivity contribution in [3.05, 3.63) is 97.1 Å². The van der Waals surface area contributed by atoms with E-state index in [1.165, 1.54) is 0 Å². The minimum Gasteiger partial charge on any atom is -0.505 e. The molecule has 2 aromatic heterocycles. The van der Waals surface area contributed by atoms with Crippen LogP contribution in [0.2, 0.25) is 0 Å². The Hall–Kier alpha value is -8.64. The average molecular weight is 1190 g/mol. The molecule has 2 heterocycles. The summed E-state index contributed by atoms with van der Waals surface area (Å²) in [5.41, 5.74) is 25.8. The second kappa shape index (κ2) is 30.1. The van der Waals surface area contributed by atoms with Gasteiger partial charge in [-0.25, -0.2) is 10.5 Å². The van der Waals surface area contributed by atoms with Crippen LogP contribution in [0.4, 0.5) is 69.8 Å². The molecule has 30 nitrogen and oxygen atoms in total. The van der Waals surface area contributed by atoms with Gasteiger partial charge in [0, 0.05) is 72.5 Å². The smallest absolute Gasteiger partial charge is 0.233 e. The lowest BCUT2D eigenvalue weighted by Gasteiger charge is -2.14. The van der Waals surface area contributed by atoms with Crippen LogP contribution in [-0.4, -0.2) is 114 Å². The lowest BCUT2D eigenvalue weighted by Crippen LogP contribution is -2.27. The van der Waals surface area contributed by atoms with Gasteiger partial charge in [0.1, 0.15) is 36.1 Å². The fourth-order valence-corrected chi connectivity index (χ4v) is 8.47. The van der Waals surface area contributed by atoms with Crippen molar-refractivity contribution in [1.82, 2.24) is 29.9 Å². The van der Waals surface area contributed by atoms with Gasteiger partial charge in [-0.15, -0.1) is 18.9 Å². The van der Waals surface area contributed by atoms with Crippen LogP contribution in [0.15, 0.2) is 127 Å². The van der Waals surface area contributed by atoms with E-state index in [9.17, 15) is 10.2 Å². The molecule has 4 atom stereocenters. The SMILES string of the molecule is CC(N)CNc1nc(NCC(C)N)nc(Nc2ccc3c(O)c(N=Nc4ccc(OCCOc5ccc(N=Nc6c(SOOO)cc7cc(Nc8nc(NCC(C)N)nc(NCC(C)N)n8)ccc7c6O)cc5)cc4)c(SOOO)cc3c2)n1. The zero-order valence-electron chi connectivity index (χ0n) is 45.6. The predicted octanol–water partition coefficient (Wildman–Crippen LogP) is 9.44. The Morgan fingerprint density at radius 2 is 0.786 bits per heavy atom. The highest BCUT2D eigenvalue weighted by Gasteiger charge is 2.19. The van der Waals surface area contributed by atoms with Crippen molar-refractivity contribution >= 4 is 115 Å². The van der Waals surface area contributed by atoms with Crippen LogP contribution in [0.3, 0.4) is 0 Å². The van der Waals surface area contributed by atoms with Crippen LogP contribution >= 0.6 is 24.1 Å². The Morgan fingerprint density at radius 1 is 0.452 bits per heavy atom. The lowest BCUT2D eigenvalue weighted by atomic mass is 10.1. The molecule has 8 rings (SSSR count). The molecule has 0 aliphatic rings. The molecule has 0 aliphatic heterocycles. The molecule has 4 unspecified atom stereocenters. The molecule has 18 N–H and O–H groups in total. The van der Waals surface area contributed by atoms with Crippen LogP contribution in [0, 0.1) is 0 Å². The van der Waals surface area contributed by atoms with Crippen LogP contribution in [-0.2, 0) is 18.7 Å². The standard InChI is InChI=1S/C52H62N20O10S2/c1-27(53)23-57-47-63-48(58-24-28(2)54)66-51(65-47)61-35-9-15-39-31(19-35)21-41(83-81-79-75)43(45(39)73)71-69-33-5-11-37(12-6-33)77-17-18-78-38-13-7-34(8-14-38)70-72-44-42(84-82-80-76)22-32-20-36(10-16-40(32)46(44)74)62-52-67-49(59-25-29(3)55)64-50(68-52)60-26-30(4)56/h5-16,19-22,27-30,73-76H,17-18,23-26,53-56H2,1-4H3,(H3,57,58,61,63,65,66)(H3,59,60,62,64,67,68). The number of azo groups is 2. The third-order valence-corrected chi connectivity index (χ3v) is 12.6. The van der Waals surface area contributed by atoms with Gasteiger partial charge in [-0.1, -0.05) is 10.1 Å². The number of nitrogens with one attached hydrogen (secondary N) is 6. The summed E-state index contributed by atoms with van der Waals surface area (Å²) < 4.78 is 21.3. The van der Waals surface area contributed by atoms with E-state index in [0.29, 0.717) is 130 Å². The molecule has 8 aromatic rings. The number of phenols is 2. The van der Waals surface area contributed by atoms with E-state index >= 15 is 0 Å². The fraction of sp³-hybridized carbons (Fsp3) is 0.269. The number of nitrogens with two attached hydrogens (primary N) is 4. The molecule has 32 heteroatoms. The maximum atomic E-state index is 11.5. The second-order valence-electron chi connectivity index (χ2n) is 18.8. The summed E-state index contributed by atoms with van der Waals surface area (Å²) in [4.78, 5) is 27.2. The Bertz CT molecular complexity index is 3250. The van der Waals surface area contributed by atoms with Crippen molar-refractivity contribution in [3.63, 3.8) is 0 Å². The summed E-state index contributed by atoms with van der Waals surface area (Å²) in [5.74, 6) is 2.32. The summed E-state index contributed by atoms with van der Waals surface area (Å²) in [5, 5.41) is 86.6. The van der Waals surface area contributed by atoms with Crippen molar-refractivity contribution in [2.24, 2.45) is 43.4 Å². The minimum absolute atomic E-state index is 0.0503. The van der Waals surface area contributed by atoms with E-state index in [0.717, 1.165) is 0 Å². The van der Waals surface area contributed by atoms with E-state index in [1.807, 2.05) is 27.7 Å². The Morgan fingerprint density at radius 3 is 1.11 bits per heavy atom. The highest BCUT2D eigenvalue weighted by molar-refractivity contribution is 7.95. The number of anilines is 8. The largest absolute Gasteiger partial charge is 0.505 e. The van der Waals surface area contributed by atoms with Gasteiger partial charge in [-0.2, -0.15) is 40.1 Å². The quantitative estimate of drug-likeness (QED) is 0.00632. The number of aromatic nitrogens is 6.